The van der Waals surface area contributed by atoms with Crippen LogP contribution in [0.25, 0.3) is 11.2 Å². The lowest BCUT2D eigenvalue weighted by molar-refractivity contribution is -0.184. The Morgan fingerprint density at radius 1 is 0.620 bits per heavy atom. The minimum absolute atomic E-state index is 0.240. The molecule has 0 aliphatic carbocycles. The molecule has 3 heterocycles. The van der Waals surface area contributed by atoms with Crippen LogP contribution in [0.3, 0.4) is 0 Å². The van der Waals surface area contributed by atoms with Crippen molar-refractivity contribution in [2.75, 3.05) is 6.61 Å². The molecule has 1 aliphatic rings. The van der Waals surface area contributed by atoms with Crippen LogP contribution in [0.4, 0.5) is 0 Å². The smallest absolute Gasteiger partial charge is 0.166 e. The van der Waals surface area contributed by atoms with Gasteiger partial charge in [0.1, 0.15) is 36.4 Å². The average molecular weight is 691 g/mol. The predicted molar refractivity (Wildman–Crippen MR) is 190 cm³/mol. The van der Waals surface area contributed by atoms with Crippen molar-refractivity contribution < 1.29 is 23.7 Å². The highest BCUT2D eigenvalue weighted by Gasteiger charge is 2.44. The molecule has 6 aromatic rings. The van der Waals surface area contributed by atoms with E-state index < -0.39 is 30.6 Å². The van der Waals surface area contributed by atoms with Crippen LogP contribution in [0.5, 0.6) is 0 Å². The molecular weight excluding hydrogens is 652 g/mol. The molecule has 9 nitrogen and oxygen atoms in total. The van der Waals surface area contributed by atoms with Crippen molar-refractivity contribution in [1.82, 2.24) is 19.5 Å². The zero-order chi connectivity index (χ0) is 34.0. The van der Waals surface area contributed by atoms with Gasteiger partial charge in [-0.15, -0.1) is 0 Å². The highest BCUT2D eigenvalue weighted by atomic mass is 35.5. The minimum atomic E-state index is -0.575. The van der Waals surface area contributed by atoms with Crippen LogP contribution in [0, 0.1) is 0 Å². The molecular formula is C40H39ClN4O5. The van der Waals surface area contributed by atoms with E-state index in [-0.39, 0.29) is 11.8 Å². The van der Waals surface area contributed by atoms with Crippen molar-refractivity contribution in [2.24, 2.45) is 0 Å². The van der Waals surface area contributed by atoms with Gasteiger partial charge in [-0.25, -0.2) is 15.0 Å². The van der Waals surface area contributed by atoms with Gasteiger partial charge in [-0.2, -0.15) is 0 Å². The second kappa shape index (κ2) is 17.0. The van der Waals surface area contributed by atoms with E-state index in [4.69, 9.17) is 35.3 Å². The lowest BCUT2D eigenvalue weighted by atomic mass is 10.0. The first kappa shape index (κ1) is 34.0. The summed E-state index contributed by atoms with van der Waals surface area (Å²) in [6.45, 7) is 1.74. The molecule has 0 N–H and O–H groups in total. The zero-order valence-corrected chi connectivity index (χ0v) is 28.3. The first-order chi connectivity index (χ1) is 24.7. The van der Waals surface area contributed by atoms with Crippen LogP contribution >= 0.6 is 11.6 Å². The maximum Gasteiger partial charge on any atom is 0.166 e. The highest BCUT2D eigenvalue weighted by Crippen LogP contribution is 2.35. The maximum absolute atomic E-state index is 7.02. The number of fused-ring (bicyclic) bond motifs is 1. The van der Waals surface area contributed by atoms with E-state index in [1.54, 1.807) is 6.33 Å². The van der Waals surface area contributed by atoms with Crippen LogP contribution in [0.15, 0.2) is 134 Å². The molecule has 4 aromatic carbocycles. The Labute approximate surface area is 296 Å². The third kappa shape index (κ3) is 8.62. The van der Waals surface area contributed by atoms with E-state index in [0.717, 1.165) is 22.3 Å². The highest BCUT2D eigenvalue weighted by molar-refractivity contribution is 6.33. The van der Waals surface area contributed by atoms with E-state index in [1.807, 2.05) is 102 Å². The van der Waals surface area contributed by atoms with Gasteiger partial charge >= 0.3 is 0 Å². The van der Waals surface area contributed by atoms with Crippen LogP contribution in [-0.4, -0.2) is 50.5 Å². The number of imidazole rings is 1. The molecule has 10 heteroatoms. The fourth-order valence-corrected chi connectivity index (χ4v) is 6.36. The van der Waals surface area contributed by atoms with Crippen molar-refractivity contribution >= 4 is 22.8 Å². The third-order valence-electron chi connectivity index (χ3n) is 8.72. The lowest BCUT2D eigenvalue weighted by Gasteiger charge is -2.34. The van der Waals surface area contributed by atoms with Crippen molar-refractivity contribution in [1.29, 1.82) is 0 Å². The number of halogens is 1. The monoisotopic (exact) mass is 690 g/mol. The van der Waals surface area contributed by atoms with Gasteiger partial charge in [-0.1, -0.05) is 133 Å². The van der Waals surface area contributed by atoms with E-state index in [2.05, 4.69) is 39.2 Å². The van der Waals surface area contributed by atoms with E-state index in [9.17, 15) is 0 Å². The molecule has 1 aliphatic heterocycles. The van der Waals surface area contributed by atoms with Gasteiger partial charge in [0, 0.05) is 6.42 Å². The number of ether oxygens (including phenoxy) is 5. The number of hydrogen-bond donors (Lipinski definition) is 0. The van der Waals surface area contributed by atoms with Crippen molar-refractivity contribution in [3.63, 3.8) is 0 Å². The summed E-state index contributed by atoms with van der Waals surface area (Å²) in [6, 6.07) is 40.4. The Balaban J connectivity index is 1.26. The normalized spacial score (nSPS) is 20.9. The van der Waals surface area contributed by atoms with Gasteiger partial charge < -0.3 is 23.7 Å². The van der Waals surface area contributed by atoms with Gasteiger partial charge in [-0.3, -0.25) is 4.57 Å². The average Bonchev–Trinajstić information content (AvgIpc) is 3.55. The predicted octanol–water partition coefficient (Wildman–Crippen LogP) is 7.74. The second-order valence-electron chi connectivity index (χ2n) is 12.2. The zero-order valence-electron chi connectivity index (χ0n) is 27.5. The number of benzene rings is 4. The minimum Gasteiger partial charge on any atom is -0.374 e. The van der Waals surface area contributed by atoms with Gasteiger partial charge in [0.15, 0.2) is 10.8 Å². The van der Waals surface area contributed by atoms with Gasteiger partial charge in [0.05, 0.1) is 45.5 Å². The molecule has 5 atom stereocenters. The Morgan fingerprint density at radius 3 is 1.72 bits per heavy atom. The Hall–Kier alpha value is -4.48. The van der Waals surface area contributed by atoms with Gasteiger partial charge in [0.2, 0.25) is 0 Å². The van der Waals surface area contributed by atoms with Crippen molar-refractivity contribution in [2.45, 2.75) is 63.5 Å². The quantitative estimate of drug-likeness (QED) is 0.107. The number of nitrogens with zero attached hydrogens (tertiary/aromatic N) is 4. The summed E-state index contributed by atoms with van der Waals surface area (Å²) in [5.41, 5.74) is 5.25. The SMILES string of the molecule is Clc1ncnc2c1ncn2[C@@H]1C[C@H](OCc2ccccc2)[C@H](OCc2ccccc2)[C@H](OCc2ccccc2)[C@@H](COCc2ccccc2)O1. The first-order valence-corrected chi connectivity index (χ1v) is 17.2. The first-order valence-electron chi connectivity index (χ1n) is 16.8. The second-order valence-corrected chi connectivity index (χ2v) is 12.6. The summed E-state index contributed by atoms with van der Waals surface area (Å²) in [5, 5.41) is 0.273. The molecule has 0 bridgehead atoms. The molecule has 7 rings (SSSR count). The fourth-order valence-electron chi connectivity index (χ4n) is 6.18. The van der Waals surface area contributed by atoms with E-state index in [1.165, 1.54) is 6.33 Å². The van der Waals surface area contributed by atoms with E-state index in [0.29, 0.717) is 44.0 Å². The summed E-state index contributed by atoms with van der Waals surface area (Å²) < 4.78 is 35.8. The summed E-state index contributed by atoms with van der Waals surface area (Å²) in [4.78, 5) is 13.2. The van der Waals surface area contributed by atoms with Crippen molar-refractivity contribution in [3.05, 3.63) is 161 Å². The van der Waals surface area contributed by atoms with Crippen LogP contribution in [-0.2, 0) is 50.1 Å². The summed E-state index contributed by atoms with van der Waals surface area (Å²) in [5.74, 6) is 0. The van der Waals surface area contributed by atoms with E-state index >= 15 is 0 Å². The van der Waals surface area contributed by atoms with Gasteiger partial charge in [-0.05, 0) is 22.3 Å². The molecule has 50 heavy (non-hydrogen) atoms. The Kier molecular flexibility index (Phi) is 11.5. The lowest BCUT2D eigenvalue weighted by Crippen LogP contribution is -2.48. The fraction of sp³-hybridized carbons (Fsp3) is 0.275. The van der Waals surface area contributed by atoms with Gasteiger partial charge in [0.25, 0.3) is 0 Å². The molecule has 1 fully saturated rings. The number of hydrogen-bond acceptors (Lipinski definition) is 8. The summed E-state index contributed by atoms with van der Waals surface area (Å²) >= 11 is 6.44. The topological polar surface area (TPSA) is 89.8 Å². The molecule has 0 saturated carbocycles. The molecule has 1 saturated heterocycles. The van der Waals surface area contributed by atoms with Crippen LogP contribution < -0.4 is 0 Å². The number of aromatic nitrogens is 4. The van der Waals surface area contributed by atoms with Crippen LogP contribution in [0.2, 0.25) is 5.15 Å². The summed E-state index contributed by atoms with van der Waals surface area (Å²) in [7, 11) is 0. The largest absolute Gasteiger partial charge is 0.374 e. The third-order valence-corrected chi connectivity index (χ3v) is 8.99. The standard InChI is InChI=1S/C40H39ClN4O5/c41-39-36-40(43-27-42-39)45(28-44-36)35-21-33(47-23-30-15-7-2-8-16-30)37(48-24-31-17-9-3-10-18-31)38(49-25-32-19-11-4-12-20-32)34(50-35)26-46-22-29-13-5-1-6-14-29/h1-20,27-28,33-35,37-38H,21-26H2/t33-,34+,35-,37-,38+/m0/s1. The Morgan fingerprint density at radius 2 is 1.14 bits per heavy atom. The molecule has 256 valence electrons. The molecule has 0 spiro atoms. The molecule has 2 aromatic heterocycles. The van der Waals surface area contributed by atoms with Crippen LogP contribution in [0.1, 0.15) is 34.9 Å². The summed E-state index contributed by atoms with van der Waals surface area (Å²) in [6.07, 6.45) is 0.842. The molecule has 0 amide bonds. The Bertz CT molecular complexity index is 1900. The number of rotatable bonds is 14. The molecule has 0 unspecified atom stereocenters. The maximum atomic E-state index is 7.02. The van der Waals surface area contributed by atoms with Crippen molar-refractivity contribution in [3.8, 4) is 0 Å². The molecule has 0 radical (unpaired) electrons.